The minimum Gasteiger partial charge on any atom is -0.299 e. The molecule has 0 spiro atoms. The molecule has 2 bridgehead atoms. The summed E-state index contributed by atoms with van der Waals surface area (Å²) >= 11 is 0. The normalized spacial score (nSPS) is 28.0. The Morgan fingerprint density at radius 1 is 1.18 bits per heavy atom. The van der Waals surface area contributed by atoms with E-state index >= 15 is 0 Å². The number of hydrogen-bond acceptors (Lipinski definition) is 3. The lowest BCUT2D eigenvalue weighted by Gasteiger charge is -2.32. The summed E-state index contributed by atoms with van der Waals surface area (Å²) in [4.78, 5) is 12.4. The molecule has 0 saturated heterocycles. The molecule has 2 atom stereocenters. The summed E-state index contributed by atoms with van der Waals surface area (Å²) in [6.07, 6.45) is 0.541. The Morgan fingerprint density at radius 3 is 2.64 bits per heavy atom. The Bertz CT molecular complexity index is 814. The Balaban J connectivity index is 1.92. The number of carbonyl (C=O) groups excluding carboxylic acids is 1. The Morgan fingerprint density at radius 2 is 1.91 bits per heavy atom. The first-order valence-corrected chi connectivity index (χ1v) is 7.53. The van der Waals surface area contributed by atoms with Gasteiger partial charge < -0.3 is 0 Å². The number of nitrogens with zero attached hydrogens (tertiary/aromatic N) is 2. The van der Waals surface area contributed by atoms with Crippen LogP contribution in [0.4, 0.5) is 4.39 Å². The van der Waals surface area contributed by atoms with Crippen molar-refractivity contribution in [3.05, 3.63) is 47.4 Å². The zero-order valence-electron chi connectivity index (χ0n) is 12.9. The fraction of sp³-hybridized carbons (Fsp3) is 0.389. The zero-order chi connectivity index (χ0) is 15.7. The van der Waals surface area contributed by atoms with Gasteiger partial charge in [-0.25, -0.2) is 4.39 Å². The summed E-state index contributed by atoms with van der Waals surface area (Å²) in [6, 6.07) is 8.49. The molecule has 1 fully saturated rings. The number of hydrogen-bond donors (Lipinski definition) is 0. The van der Waals surface area contributed by atoms with Crippen LogP contribution >= 0.6 is 0 Å². The SMILES string of the molecule is CC12C(=O)CC(c3cc(-c4ccccc4F)nnc31)C2(C)C. The molecule has 2 unspecified atom stereocenters. The first kappa shape index (κ1) is 13.6. The highest BCUT2D eigenvalue weighted by atomic mass is 19.1. The number of ketones is 1. The van der Waals surface area contributed by atoms with E-state index in [2.05, 4.69) is 24.0 Å². The molecule has 1 aromatic heterocycles. The number of carbonyl (C=O) groups is 1. The molecule has 1 aromatic carbocycles. The summed E-state index contributed by atoms with van der Waals surface area (Å²) in [5.41, 5.74) is 2.08. The first-order chi connectivity index (χ1) is 10.4. The standard InChI is InChI=1S/C18H17FN2O/c1-17(2)12-9-15(22)18(17,3)16-11(12)8-14(20-21-16)10-6-4-5-7-13(10)19/h4-8,12H,9H2,1-3H3. The number of fused-ring (bicyclic) bond motifs is 5. The van der Waals surface area contributed by atoms with E-state index in [0.29, 0.717) is 17.7 Å². The lowest BCUT2D eigenvalue weighted by molar-refractivity contribution is -0.123. The smallest absolute Gasteiger partial charge is 0.145 e. The van der Waals surface area contributed by atoms with Crippen LogP contribution in [0.25, 0.3) is 11.3 Å². The van der Waals surface area contributed by atoms with Crippen molar-refractivity contribution >= 4 is 5.78 Å². The van der Waals surface area contributed by atoms with Gasteiger partial charge in [0.05, 0.1) is 16.8 Å². The maximum atomic E-state index is 14.0. The van der Waals surface area contributed by atoms with E-state index < -0.39 is 5.41 Å². The van der Waals surface area contributed by atoms with Crippen molar-refractivity contribution in [1.82, 2.24) is 10.2 Å². The minimum atomic E-state index is -0.576. The number of halogens is 1. The number of benzene rings is 1. The van der Waals surface area contributed by atoms with Crippen LogP contribution in [0.5, 0.6) is 0 Å². The molecule has 0 aliphatic heterocycles. The van der Waals surface area contributed by atoms with Crippen molar-refractivity contribution in [2.45, 2.75) is 38.5 Å². The summed E-state index contributed by atoms with van der Waals surface area (Å²) in [6.45, 7) is 6.21. The quantitative estimate of drug-likeness (QED) is 0.807. The lowest BCUT2D eigenvalue weighted by atomic mass is 9.69. The summed E-state index contributed by atoms with van der Waals surface area (Å²) < 4.78 is 14.0. The van der Waals surface area contributed by atoms with Crippen molar-refractivity contribution in [3.8, 4) is 11.3 Å². The lowest BCUT2D eigenvalue weighted by Crippen LogP contribution is -2.38. The van der Waals surface area contributed by atoms with E-state index in [1.165, 1.54) is 6.07 Å². The van der Waals surface area contributed by atoms with Gasteiger partial charge in [-0.2, -0.15) is 10.2 Å². The van der Waals surface area contributed by atoms with Crippen molar-refractivity contribution < 1.29 is 9.18 Å². The van der Waals surface area contributed by atoms with Gasteiger partial charge >= 0.3 is 0 Å². The number of rotatable bonds is 1. The van der Waals surface area contributed by atoms with E-state index in [4.69, 9.17) is 0 Å². The highest BCUT2D eigenvalue weighted by Crippen LogP contribution is 2.65. The number of Topliss-reactive ketones (excluding diaryl/α,β-unsaturated/α-hetero) is 1. The predicted molar refractivity (Wildman–Crippen MR) is 80.9 cm³/mol. The molecule has 0 N–H and O–H groups in total. The van der Waals surface area contributed by atoms with Crippen LogP contribution in [-0.4, -0.2) is 16.0 Å². The molecule has 4 rings (SSSR count). The summed E-state index contributed by atoms with van der Waals surface area (Å²) in [5.74, 6) is 0.0745. The largest absolute Gasteiger partial charge is 0.299 e. The highest BCUT2D eigenvalue weighted by molar-refractivity contribution is 5.97. The predicted octanol–water partition coefficient (Wildman–Crippen LogP) is 3.64. The van der Waals surface area contributed by atoms with Gasteiger partial charge in [-0.05, 0) is 42.0 Å². The van der Waals surface area contributed by atoms with E-state index in [-0.39, 0.29) is 22.9 Å². The van der Waals surface area contributed by atoms with Gasteiger partial charge in [0.25, 0.3) is 0 Å². The molecule has 2 aromatic rings. The van der Waals surface area contributed by atoms with Crippen LogP contribution in [0.3, 0.4) is 0 Å². The van der Waals surface area contributed by atoms with Crippen LogP contribution < -0.4 is 0 Å². The summed E-state index contributed by atoms with van der Waals surface area (Å²) in [5, 5.41) is 8.54. The molecule has 1 saturated carbocycles. The maximum Gasteiger partial charge on any atom is 0.145 e. The van der Waals surface area contributed by atoms with E-state index in [1.807, 2.05) is 13.0 Å². The third-order valence-corrected chi connectivity index (χ3v) is 5.93. The van der Waals surface area contributed by atoms with Gasteiger partial charge in [0.15, 0.2) is 0 Å². The zero-order valence-corrected chi connectivity index (χ0v) is 12.9. The second kappa shape index (κ2) is 4.00. The fourth-order valence-electron chi connectivity index (χ4n) is 4.15. The average molecular weight is 296 g/mol. The van der Waals surface area contributed by atoms with Crippen molar-refractivity contribution in [1.29, 1.82) is 0 Å². The van der Waals surface area contributed by atoms with Crippen molar-refractivity contribution in [3.63, 3.8) is 0 Å². The Hall–Kier alpha value is -2.10. The monoisotopic (exact) mass is 296 g/mol. The molecule has 112 valence electrons. The molecule has 2 aliphatic rings. The van der Waals surface area contributed by atoms with Crippen LogP contribution in [0.1, 0.15) is 44.4 Å². The van der Waals surface area contributed by atoms with Crippen LogP contribution in [0.2, 0.25) is 0 Å². The molecule has 0 radical (unpaired) electrons. The second-order valence-corrected chi connectivity index (χ2v) is 7.04. The number of aromatic nitrogens is 2. The van der Waals surface area contributed by atoms with E-state index in [9.17, 15) is 9.18 Å². The van der Waals surface area contributed by atoms with Gasteiger partial charge in [0, 0.05) is 12.0 Å². The summed E-state index contributed by atoms with van der Waals surface area (Å²) in [7, 11) is 0. The van der Waals surface area contributed by atoms with Gasteiger partial charge in [-0.15, -0.1) is 0 Å². The minimum absolute atomic E-state index is 0.140. The van der Waals surface area contributed by atoms with Crippen LogP contribution in [-0.2, 0) is 10.2 Å². The molecule has 1 heterocycles. The van der Waals surface area contributed by atoms with Gasteiger partial charge in [-0.3, -0.25) is 4.79 Å². The fourth-order valence-corrected chi connectivity index (χ4v) is 4.15. The molecule has 4 heteroatoms. The van der Waals surface area contributed by atoms with Crippen molar-refractivity contribution in [2.24, 2.45) is 5.41 Å². The van der Waals surface area contributed by atoms with Crippen LogP contribution in [0.15, 0.2) is 30.3 Å². The van der Waals surface area contributed by atoms with Crippen molar-refractivity contribution in [2.75, 3.05) is 0 Å². The van der Waals surface area contributed by atoms with E-state index in [1.54, 1.807) is 18.2 Å². The topological polar surface area (TPSA) is 42.9 Å². The Kier molecular flexibility index (Phi) is 2.47. The average Bonchev–Trinajstić information content (AvgIpc) is 2.77. The van der Waals surface area contributed by atoms with Gasteiger partial charge in [0.1, 0.15) is 11.6 Å². The molecule has 3 nitrogen and oxygen atoms in total. The highest BCUT2D eigenvalue weighted by Gasteiger charge is 2.65. The molecular weight excluding hydrogens is 279 g/mol. The first-order valence-electron chi connectivity index (χ1n) is 7.53. The molecule has 22 heavy (non-hydrogen) atoms. The van der Waals surface area contributed by atoms with Gasteiger partial charge in [0.2, 0.25) is 0 Å². The third kappa shape index (κ3) is 1.38. The van der Waals surface area contributed by atoms with Gasteiger partial charge in [-0.1, -0.05) is 26.0 Å². The molecule has 2 aliphatic carbocycles. The van der Waals surface area contributed by atoms with Crippen LogP contribution in [0, 0.1) is 11.2 Å². The molecule has 0 amide bonds. The second-order valence-electron chi connectivity index (χ2n) is 7.04. The molecular formula is C18H17FN2O. The maximum absolute atomic E-state index is 14.0. The Labute approximate surface area is 128 Å². The third-order valence-electron chi connectivity index (χ3n) is 5.93. The van der Waals surface area contributed by atoms with E-state index in [0.717, 1.165) is 11.3 Å².